The smallest absolute Gasteiger partial charge is 0.290 e. The number of benzene rings is 1. The lowest BCUT2D eigenvalue weighted by Gasteiger charge is -2.16. The third-order valence-corrected chi connectivity index (χ3v) is 4.04. The monoisotopic (exact) mass is 366 g/mol. The van der Waals surface area contributed by atoms with Crippen LogP contribution in [0.4, 0.5) is 8.78 Å². The molecular formula is C18H20F2N2O2S. The van der Waals surface area contributed by atoms with E-state index in [1.807, 2.05) is 45.0 Å². The lowest BCUT2D eigenvalue weighted by molar-refractivity contribution is 0.0936. The summed E-state index contributed by atoms with van der Waals surface area (Å²) in [5.41, 5.74) is 1.02. The Labute approximate surface area is 150 Å². The molecule has 0 aliphatic rings. The molecule has 7 heteroatoms. The van der Waals surface area contributed by atoms with Crippen molar-refractivity contribution in [1.82, 2.24) is 10.3 Å². The molecule has 1 unspecified atom stereocenters. The minimum absolute atomic E-state index is 0.0166. The van der Waals surface area contributed by atoms with Gasteiger partial charge < -0.3 is 10.1 Å². The topological polar surface area (TPSA) is 51.2 Å². The third-order valence-electron chi connectivity index (χ3n) is 3.32. The number of carbonyl (C=O) groups excluding carboxylic acids is 1. The molecule has 0 bridgehead atoms. The molecule has 0 saturated heterocycles. The number of aromatic nitrogens is 1. The molecule has 0 radical (unpaired) electrons. The second kappa shape index (κ2) is 8.80. The third kappa shape index (κ3) is 5.70. The molecule has 1 atom stereocenters. The zero-order valence-electron chi connectivity index (χ0n) is 14.2. The summed E-state index contributed by atoms with van der Waals surface area (Å²) in [6.07, 6.45) is 1.47. The van der Waals surface area contributed by atoms with Gasteiger partial charge in [0.15, 0.2) is 0 Å². The standard InChI is InChI=1S/C18H20F2N2O2S/c1-11(2)24-14-8-6-13(7-9-14)12(3)22-16(23)15-5-4-10-21-17(15)25-18(19)20/h4-12,18H,1-3H3,(H,22,23). The van der Waals surface area contributed by atoms with Gasteiger partial charge in [0.2, 0.25) is 0 Å². The van der Waals surface area contributed by atoms with Gasteiger partial charge in [-0.05, 0) is 62.4 Å². The van der Waals surface area contributed by atoms with Crippen molar-refractivity contribution in [2.45, 2.75) is 43.7 Å². The van der Waals surface area contributed by atoms with Crippen LogP contribution in [-0.4, -0.2) is 22.8 Å². The molecule has 1 heterocycles. The Morgan fingerprint density at radius 2 is 1.84 bits per heavy atom. The number of thioether (sulfide) groups is 1. The van der Waals surface area contributed by atoms with Crippen molar-refractivity contribution in [3.05, 3.63) is 53.7 Å². The number of pyridine rings is 1. The van der Waals surface area contributed by atoms with E-state index in [-0.39, 0.29) is 34.5 Å². The molecule has 1 amide bonds. The SMILES string of the molecule is CC(C)Oc1ccc(C(C)NC(=O)c2cccnc2SC(F)F)cc1. The number of amides is 1. The minimum atomic E-state index is -2.63. The van der Waals surface area contributed by atoms with E-state index in [1.165, 1.54) is 12.3 Å². The quantitative estimate of drug-likeness (QED) is 0.723. The fraction of sp³-hybridized carbons (Fsp3) is 0.333. The van der Waals surface area contributed by atoms with Gasteiger partial charge in [-0.3, -0.25) is 4.79 Å². The van der Waals surface area contributed by atoms with Crippen LogP contribution in [0, 0.1) is 0 Å². The first kappa shape index (κ1) is 19.2. The molecule has 1 aromatic carbocycles. The summed E-state index contributed by atoms with van der Waals surface area (Å²) in [4.78, 5) is 16.3. The maximum Gasteiger partial charge on any atom is 0.290 e. The predicted octanol–water partition coefficient (Wildman–Crippen LogP) is 4.67. The van der Waals surface area contributed by atoms with E-state index in [0.717, 1.165) is 11.3 Å². The summed E-state index contributed by atoms with van der Waals surface area (Å²) in [6, 6.07) is 10.1. The lowest BCUT2D eigenvalue weighted by atomic mass is 10.1. The Kier molecular flexibility index (Phi) is 6.75. The van der Waals surface area contributed by atoms with E-state index < -0.39 is 11.7 Å². The van der Waals surface area contributed by atoms with E-state index in [0.29, 0.717) is 0 Å². The van der Waals surface area contributed by atoms with E-state index in [2.05, 4.69) is 10.3 Å². The average Bonchev–Trinajstić information content (AvgIpc) is 2.54. The molecule has 1 N–H and O–H groups in total. The Hall–Kier alpha value is -2.15. The molecule has 0 spiro atoms. The van der Waals surface area contributed by atoms with Crippen LogP contribution in [0.5, 0.6) is 5.75 Å². The number of hydrogen-bond donors (Lipinski definition) is 1. The van der Waals surface area contributed by atoms with Crippen LogP contribution in [0.1, 0.15) is 42.7 Å². The van der Waals surface area contributed by atoms with Gasteiger partial charge >= 0.3 is 0 Å². The second-order valence-corrected chi connectivity index (χ2v) is 6.64. The number of nitrogens with zero attached hydrogens (tertiary/aromatic N) is 1. The highest BCUT2D eigenvalue weighted by molar-refractivity contribution is 7.99. The van der Waals surface area contributed by atoms with Crippen LogP contribution in [0.15, 0.2) is 47.6 Å². The molecule has 25 heavy (non-hydrogen) atoms. The molecule has 1 aromatic heterocycles. The van der Waals surface area contributed by atoms with Crippen LogP contribution in [0.2, 0.25) is 0 Å². The summed E-state index contributed by atoms with van der Waals surface area (Å²) in [5, 5.41) is 2.82. The molecule has 2 rings (SSSR count). The minimum Gasteiger partial charge on any atom is -0.491 e. The first-order valence-corrected chi connectivity index (χ1v) is 8.72. The molecule has 0 saturated carbocycles. The first-order valence-electron chi connectivity index (χ1n) is 7.84. The zero-order chi connectivity index (χ0) is 18.4. The van der Waals surface area contributed by atoms with Gasteiger partial charge in [-0.25, -0.2) is 4.98 Å². The Bertz CT molecular complexity index is 708. The van der Waals surface area contributed by atoms with Crippen LogP contribution in [0.3, 0.4) is 0 Å². The number of alkyl halides is 2. The Morgan fingerprint density at radius 1 is 1.16 bits per heavy atom. The number of rotatable bonds is 7. The first-order chi connectivity index (χ1) is 11.9. The Morgan fingerprint density at radius 3 is 2.44 bits per heavy atom. The number of ether oxygens (including phenoxy) is 1. The van der Waals surface area contributed by atoms with Crippen LogP contribution in [0.25, 0.3) is 0 Å². The van der Waals surface area contributed by atoms with Gasteiger partial charge in [0.1, 0.15) is 10.8 Å². The van der Waals surface area contributed by atoms with E-state index >= 15 is 0 Å². The zero-order valence-corrected chi connectivity index (χ0v) is 15.0. The molecular weight excluding hydrogens is 346 g/mol. The van der Waals surface area contributed by atoms with Crippen molar-refractivity contribution >= 4 is 17.7 Å². The highest BCUT2D eigenvalue weighted by atomic mass is 32.2. The fourth-order valence-corrected chi connectivity index (χ4v) is 2.79. The summed E-state index contributed by atoms with van der Waals surface area (Å²) >= 11 is 0.262. The summed E-state index contributed by atoms with van der Waals surface area (Å²) < 4.78 is 30.8. The summed E-state index contributed by atoms with van der Waals surface area (Å²) in [5.74, 6) is -2.32. The van der Waals surface area contributed by atoms with Crippen molar-refractivity contribution in [3.63, 3.8) is 0 Å². The van der Waals surface area contributed by atoms with Gasteiger partial charge in [-0.15, -0.1) is 0 Å². The molecule has 0 fully saturated rings. The van der Waals surface area contributed by atoms with Crippen molar-refractivity contribution in [2.75, 3.05) is 0 Å². The number of hydrogen-bond acceptors (Lipinski definition) is 4. The van der Waals surface area contributed by atoms with E-state index in [9.17, 15) is 13.6 Å². The lowest BCUT2D eigenvalue weighted by Crippen LogP contribution is -2.27. The summed E-state index contributed by atoms with van der Waals surface area (Å²) in [6.45, 7) is 5.71. The van der Waals surface area contributed by atoms with Gasteiger partial charge in [0, 0.05) is 6.20 Å². The van der Waals surface area contributed by atoms with Crippen molar-refractivity contribution in [1.29, 1.82) is 0 Å². The van der Waals surface area contributed by atoms with Crippen molar-refractivity contribution < 1.29 is 18.3 Å². The number of nitrogens with one attached hydrogen (secondary N) is 1. The Balaban J connectivity index is 2.07. The van der Waals surface area contributed by atoms with Crippen LogP contribution in [-0.2, 0) is 0 Å². The van der Waals surface area contributed by atoms with Crippen molar-refractivity contribution in [3.8, 4) is 5.75 Å². The highest BCUT2D eigenvalue weighted by Crippen LogP contribution is 2.27. The number of carbonyl (C=O) groups is 1. The number of halogens is 2. The highest BCUT2D eigenvalue weighted by Gasteiger charge is 2.18. The summed E-state index contributed by atoms with van der Waals surface area (Å²) in [7, 11) is 0. The van der Waals surface area contributed by atoms with Crippen LogP contribution < -0.4 is 10.1 Å². The molecule has 0 aliphatic heterocycles. The largest absolute Gasteiger partial charge is 0.491 e. The average molecular weight is 366 g/mol. The van der Waals surface area contributed by atoms with Gasteiger partial charge in [0.25, 0.3) is 11.7 Å². The van der Waals surface area contributed by atoms with E-state index in [4.69, 9.17) is 4.74 Å². The maximum absolute atomic E-state index is 12.6. The second-order valence-electron chi connectivity index (χ2n) is 5.67. The van der Waals surface area contributed by atoms with Gasteiger partial charge in [0.05, 0.1) is 17.7 Å². The van der Waals surface area contributed by atoms with Gasteiger partial charge in [-0.2, -0.15) is 8.78 Å². The predicted molar refractivity (Wildman–Crippen MR) is 94.2 cm³/mol. The molecule has 2 aromatic rings. The van der Waals surface area contributed by atoms with E-state index in [1.54, 1.807) is 6.07 Å². The molecule has 0 aliphatic carbocycles. The molecule has 4 nitrogen and oxygen atoms in total. The van der Waals surface area contributed by atoms with Crippen LogP contribution >= 0.6 is 11.8 Å². The molecule has 134 valence electrons. The normalized spacial score (nSPS) is 12.3. The fourth-order valence-electron chi connectivity index (χ4n) is 2.21. The van der Waals surface area contributed by atoms with Gasteiger partial charge in [-0.1, -0.05) is 12.1 Å². The maximum atomic E-state index is 12.6. The van der Waals surface area contributed by atoms with Crippen molar-refractivity contribution in [2.24, 2.45) is 0 Å².